The first kappa shape index (κ1) is 7.02. The van der Waals surface area contributed by atoms with Gasteiger partial charge in [-0.3, -0.25) is 0 Å². The molecule has 2 heterocycles. The number of anilines is 1. The van der Waals surface area contributed by atoms with Gasteiger partial charge in [-0.2, -0.15) is 0 Å². The fraction of sp³-hybridized carbons (Fsp3) is 0.286. The van der Waals surface area contributed by atoms with Gasteiger partial charge in [-0.15, -0.1) is 0 Å². The van der Waals surface area contributed by atoms with E-state index in [0.29, 0.717) is 5.58 Å². The third-order valence-electron chi connectivity index (χ3n) is 1.54. The number of aromatic nitrogens is 3. The van der Waals surface area contributed by atoms with Crippen LogP contribution in [-0.4, -0.2) is 29.2 Å². The molecule has 0 bridgehead atoms. The Morgan fingerprint density at radius 2 is 2.25 bits per heavy atom. The molecule has 62 valence electrons. The third-order valence-corrected chi connectivity index (χ3v) is 1.54. The molecular formula is C7H8N4O. The molecule has 0 aliphatic heterocycles. The summed E-state index contributed by atoms with van der Waals surface area (Å²) in [7, 11) is 3.78. The van der Waals surface area contributed by atoms with Gasteiger partial charge < -0.3 is 9.42 Å². The SMILES string of the molecule is CN(C)c1noc2cncnc12. The lowest BCUT2D eigenvalue weighted by molar-refractivity contribution is 0.456. The molecule has 0 unspecified atom stereocenters. The molecule has 2 aromatic heterocycles. The van der Waals surface area contributed by atoms with Gasteiger partial charge in [-0.25, -0.2) is 9.97 Å². The standard InChI is InChI=1S/C7H8N4O/c1-11(2)7-6-5(12-10-7)3-8-4-9-6/h3-4H,1-2H3. The molecule has 0 atom stereocenters. The Bertz CT molecular complexity index is 395. The summed E-state index contributed by atoms with van der Waals surface area (Å²) in [4.78, 5) is 9.72. The van der Waals surface area contributed by atoms with E-state index in [-0.39, 0.29) is 0 Å². The predicted molar refractivity (Wildman–Crippen MR) is 43.9 cm³/mol. The lowest BCUT2D eigenvalue weighted by atomic mass is 10.4. The van der Waals surface area contributed by atoms with Crippen LogP contribution in [0.3, 0.4) is 0 Å². The number of nitrogens with zero attached hydrogens (tertiary/aromatic N) is 4. The van der Waals surface area contributed by atoms with Crippen LogP contribution in [0.5, 0.6) is 0 Å². The summed E-state index contributed by atoms with van der Waals surface area (Å²) in [5.41, 5.74) is 1.36. The minimum atomic E-state index is 0.612. The number of fused-ring (bicyclic) bond motifs is 1. The molecule has 0 fully saturated rings. The minimum absolute atomic E-state index is 0.612. The molecule has 2 aromatic rings. The van der Waals surface area contributed by atoms with E-state index in [9.17, 15) is 0 Å². The number of rotatable bonds is 1. The lowest BCUT2D eigenvalue weighted by Crippen LogP contribution is -2.09. The van der Waals surface area contributed by atoms with Gasteiger partial charge in [0.2, 0.25) is 5.58 Å². The molecular weight excluding hydrogens is 156 g/mol. The largest absolute Gasteiger partial charge is 0.358 e. The second-order valence-corrected chi connectivity index (χ2v) is 2.64. The number of hydrogen-bond acceptors (Lipinski definition) is 5. The van der Waals surface area contributed by atoms with Gasteiger partial charge in [0.05, 0.1) is 6.20 Å². The van der Waals surface area contributed by atoms with Crippen LogP contribution < -0.4 is 4.90 Å². The van der Waals surface area contributed by atoms with Crippen molar-refractivity contribution in [2.75, 3.05) is 19.0 Å². The van der Waals surface area contributed by atoms with E-state index in [1.165, 1.54) is 6.33 Å². The van der Waals surface area contributed by atoms with E-state index in [4.69, 9.17) is 4.52 Å². The second-order valence-electron chi connectivity index (χ2n) is 2.64. The Balaban J connectivity index is 2.70. The molecule has 0 aliphatic rings. The van der Waals surface area contributed by atoms with Crippen LogP contribution >= 0.6 is 0 Å². The monoisotopic (exact) mass is 164 g/mol. The van der Waals surface area contributed by atoms with E-state index in [0.717, 1.165) is 11.3 Å². The lowest BCUT2D eigenvalue weighted by Gasteiger charge is -2.05. The van der Waals surface area contributed by atoms with E-state index >= 15 is 0 Å². The normalized spacial score (nSPS) is 10.5. The summed E-state index contributed by atoms with van der Waals surface area (Å²) in [6.45, 7) is 0. The van der Waals surface area contributed by atoms with Crippen molar-refractivity contribution in [3.05, 3.63) is 12.5 Å². The Morgan fingerprint density at radius 1 is 1.42 bits per heavy atom. The van der Waals surface area contributed by atoms with E-state index in [1.54, 1.807) is 6.20 Å². The van der Waals surface area contributed by atoms with Crippen LogP contribution in [0, 0.1) is 0 Å². The molecule has 0 aliphatic carbocycles. The Labute approximate surface area is 69.0 Å². The maximum absolute atomic E-state index is 4.99. The summed E-state index contributed by atoms with van der Waals surface area (Å²) < 4.78 is 4.99. The Hall–Kier alpha value is -1.65. The summed E-state index contributed by atoms with van der Waals surface area (Å²) in [6.07, 6.45) is 3.08. The molecule has 5 nitrogen and oxygen atoms in total. The van der Waals surface area contributed by atoms with Crippen LogP contribution in [-0.2, 0) is 0 Å². The quantitative estimate of drug-likeness (QED) is 0.620. The van der Waals surface area contributed by atoms with E-state index in [1.807, 2.05) is 19.0 Å². The van der Waals surface area contributed by atoms with Gasteiger partial charge in [-0.1, -0.05) is 5.16 Å². The topological polar surface area (TPSA) is 55.1 Å². The van der Waals surface area contributed by atoms with Crippen LogP contribution in [0.15, 0.2) is 17.0 Å². The molecule has 0 saturated heterocycles. The first-order valence-corrected chi connectivity index (χ1v) is 3.52. The molecule has 2 rings (SSSR count). The molecule has 0 N–H and O–H groups in total. The summed E-state index contributed by atoms with van der Waals surface area (Å²) in [5.74, 6) is 0.729. The number of hydrogen-bond donors (Lipinski definition) is 0. The van der Waals surface area contributed by atoms with Gasteiger partial charge in [0, 0.05) is 14.1 Å². The third kappa shape index (κ3) is 0.903. The molecule has 0 amide bonds. The van der Waals surface area contributed by atoms with Gasteiger partial charge in [0.25, 0.3) is 0 Å². The minimum Gasteiger partial charge on any atom is -0.358 e. The highest BCUT2D eigenvalue weighted by Crippen LogP contribution is 2.20. The summed E-state index contributed by atoms with van der Waals surface area (Å²) >= 11 is 0. The fourth-order valence-corrected chi connectivity index (χ4v) is 0.981. The summed E-state index contributed by atoms with van der Waals surface area (Å²) in [5, 5.41) is 3.84. The van der Waals surface area contributed by atoms with Gasteiger partial charge in [0.1, 0.15) is 6.33 Å². The van der Waals surface area contributed by atoms with Gasteiger partial charge >= 0.3 is 0 Å². The predicted octanol–water partition coefficient (Wildman–Crippen LogP) is 0.684. The van der Waals surface area contributed by atoms with Crippen molar-refractivity contribution in [1.82, 2.24) is 15.1 Å². The van der Waals surface area contributed by atoms with Crippen molar-refractivity contribution < 1.29 is 4.52 Å². The Morgan fingerprint density at radius 3 is 3.00 bits per heavy atom. The first-order chi connectivity index (χ1) is 5.79. The maximum atomic E-state index is 4.99. The molecule has 0 spiro atoms. The fourth-order valence-electron chi connectivity index (χ4n) is 0.981. The van der Waals surface area contributed by atoms with Crippen molar-refractivity contribution in [1.29, 1.82) is 0 Å². The smallest absolute Gasteiger partial charge is 0.205 e. The van der Waals surface area contributed by atoms with E-state index < -0.39 is 0 Å². The van der Waals surface area contributed by atoms with Crippen molar-refractivity contribution in [2.24, 2.45) is 0 Å². The average Bonchev–Trinajstić information content (AvgIpc) is 2.47. The zero-order valence-electron chi connectivity index (χ0n) is 6.85. The zero-order valence-corrected chi connectivity index (χ0v) is 6.85. The first-order valence-electron chi connectivity index (χ1n) is 3.52. The highest BCUT2D eigenvalue weighted by Gasteiger charge is 2.09. The highest BCUT2D eigenvalue weighted by atomic mass is 16.5. The van der Waals surface area contributed by atoms with Crippen molar-refractivity contribution in [2.45, 2.75) is 0 Å². The van der Waals surface area contributed by atoms with Crippen LogP contribution in [0.2, 0.25) is 0 Å². The van der Waals surface area contributed by atoms with Crippen LogP contribution in [0.1, 0.15) is 0 Å². The molecule has 0 radical (unpaired) electrons. The van der Waals surface area contributed by atoms with Crippen molar-refractivity contribution >= 4 is 16.9 Å². The average molecular weight is 164 g/mol. The van der Waals surface area contributed by atoms with Crippen molar-refractivity contribution in [3.63, 3.8) is 0 Å². The highest BCUT2D eigenvalue weighted by molar-refractivity contribution is 5.83. The maximum Gasteiger partial charge on any atom is 0.205 e. The van der Waals surface area contributed by atoms with Crippen LogP contribution in [0.4, 0.5) is 5.82 Å². The molecule has 5 heteroatoms. The van der Waals surface area contributed by atoms with Crippen molar-refractivity contribution in [3.8, 4) is 0 Å². The van der Waals surface area contributed by atoms with Crippen LogP contribution in [0.25, 0.3) is 11.1 Å². The summed E-state index contributed by atoms with van der Waals surface area (Å²) in [6, 6.07) is 0. The van der Waals surface area contributed by atoms with Gasteiger partial charge in [-0.05, 0) is 0 Å². The molecule has 12 heavy (non-hydrogen) atoms. The van der Waals surface area contributed by atoms with Gasteiger partial charge in [0.15, 0.2) is 11.3 Å². The molecule has 0 saturated carbocycles. The second kappa shape index (κ2) is 2.44. The Kier molecular flexibility index (Phi) is 1.43. The zero-order chi connectivity index (χ0) is 8.55. The van der Waals surface area contributed by atoms with E-state index in [2.05, 4.69) is 15.1 Å². The molecule has 0 aromatic carbocycles.